The summed E-state index contributed by atoms with van der Waals surface area (Å²) in [4.78, 5) is 36.8. The molecular formula is C47H89NO7. The van der Waals surface area contributed by atoms with Crippen LogP contribution < -0.4 is 5.11 Å². The Balaban J connectivity index is 4.25. The zero-order valence-corrected chi connectivity index (χ0v) is 36.9. The molecule has 0 fully saturated rings. The number of carboxylic acids is 1. The number of nitrogens with zero attached hydrogens (tertiary/aromatic N) is 1. The number of quaternary nitrogens is 1. The Morgan fingerprint density at radius 2 is 0.909 bits per heavy atom. The van der Waals surface area contributed by atoms with Crippen molar-refractivity contribution in [2.75, 3.05) is 41.0 Å². The Kier molecular flexibility index (Phi) is 37.6. The van der Waals surface area contributed by atoms with Crippen molar-refractivity contribution >= 4 is 17.9 Å². The van der Waals surface area contributed by atoms with Crippen LogP contribution in [0.2, 0.25) is 0 Å². The van der Waals surface area contributed by atoms with Gasteiger partial charge in [0.25, 0.3) is 0 Å². The van der Waals surface area contributed by atoms with Gasteiger partial charge in [-0.1, -0.05) is 174 Å². The van der Waals surface area contributed by atoms with Gasteiger partial charge < -0.3 is 28.6 Å². The number of allylic oxidation sites excluding steroid dienone is 2. The van der Waals surface area contributed by atoms with Gasteiger partial charge in [-0.15, -0.1) is 0 Å². The van der Waals surface area contributed by atoms with Crippen molar-refractivity contribution < 1.29 is 38.2 Å². The van der Waals surface area contributed by atoms with E-state index < -0.39 is 18.1 Å². The van der Waals surface area contributed by atoms with Gasteiger partial charge in [0.05, 0.1) is 40.3 Å². The largest absolute Gasteiger partial charge is 0.544 e. The third-order valence-electron chi connectivity index (χ3n) is 10.7. The van der Waals surface area contributed by atoms with Crippen molar-refractivity contribution in [1.82, 2.24) is 0 Å². The van der Waals surface area contributed by atoms with Crippen LogP contribution in [0.3, 0.4) is 0 Å². The monoisotopic (exact) mass is 780 g/mol. The van der Waals surface area contributed by atoms with E-state index in [-0.39, 0.29) is 42.7 Å². The van der Waals surface area contributed by atoms with Crippen LogP contribution in [0.1, 0.15) is 219 Å². The molecule has 0 aromatic carbocycles. The second-order valence-corrected chi connectivity index (χ2v) is 17.0. The lowest BCUT2D eigenvalue weighted by atomic mass is 10.1. The summed E-state index contributed by atoms with van der Waals surface area (Å²) >= 11 is 0. The molecule has 0 saturated carbocycles. The van der Waals surface area contributed by atoms with Crippen molar-refractivity contribution in [1.29, 1.82) is 0 Å². The maximum atomic E-state index is 12.7. The average molecular weight is 780 g/mol. The number of hydrogen-bond donors (Lipinski definition) is 0. The Bertz CT molecular complexity index is 915. The first-order chi connectivity index (χ1) is 26.6. The van der Waals surface area contributed by atoms with Crippen LogP contribution >= 0.6 is 0 Å². The first kappa shape index (κ1) is 53.1. The van der Waals surface area contributed by atoms with Crippen LogP contribution in [0.25, 0.3) is 0 Å². The van der Waals surface area contributed by atoms with Gasteiger partial charge in [0, 0.05) is 19.3 Å². The molecule has 0 aliphatic heterocycles. The fourth-order valence-corrected chi connectivity index (χ4v) is 7.01. The molecule has 0 aromatic heterocycles. The van der Waals surface area contributed by atoms with Crippen molar-refractivity contribution in [3.05, 3.63) is 12.2 Å². The molecule has 2 unspecified atom stereocenters. The van der Waals surface area contributed by atoms with E-state index in [2.05, 4.69) is 26.0 Å². The maximum absolute atomic E-state index is 12.7. The summed E-state index contributed by atoms with van der Waals surface area (Å²) in [6, 6.07) is -0.722. The molecule has 0 N–H and O–H groups in total. The van der Waals surface area contributed by atoms with Crippen LogP contribution in [-0.4, -0.2) is 75.5 Å². The predicted molar refractivity (Wildman–Crippen MR) is 227 cm³/mol. The summed E-state index contributed by atoms with van der Waals surface area (Å²) in [5.41, 5.74) is 0. The highest BCUT2D eigenvalue weighted by Crippen LogP contribution is 2.15. The highest BCUT2D eigenvalue weighted by Gasteiger charge is 2.25. The topological polar surface area (TPSA) is 102 Å². The summed E-state index contributed by atoms with van der Waals surface area (Å²) in [5.74, 6) is -1.73. The molecule has 0 heterocycles. The summed E-state index contributed by atoms with van der Waals surface area (Å²) in [5, 5.41) is 11.6. The Morgan fingerprint density at radius 3 is 1.31 bits per heavy atom. The van der Waals surface area contributed by atoms with E-state index >= 15 is 0 Å². The quantitative estimate of drug-likeness (QED) is 0.0263. The lowest BCUT2D eigenvalue weighted by molar-refractivity contribution is -0.889. The molecular weight excluding hydrogens is 691 g/mol. The lowest BCUT2D eigenvalue weighted by Gasteiger charge is -2.34. The molecule has 2 atom stereocenters. The first-order valence-corrected chi connectivity index (χ1v) is 23.2. The van der Waals surface area contributed by atoms with Crippen LogP contribution in [0, 0.1) is 0 Å². The van der Waals surface area contributed by atoms with Crippen molar-refractivity contribution in [3.63, 3.8) is 0 Å². The van der Waals surface area contributed by atoms with Gasteiger partial charge in [-0.3, -0.25) is 9.59 Å². The summed E-state index contributed by atoms with van der Waals surface area (Å²) in [7, 11) is 5.41. The summed E-state index contributed by atoms with van der Waals surface area (Å²) in [6.07, 6.45) is 40.9. The Labute approximate surface area is 339 Å². The molecule has 0 radical (unpaired) electrons. The highest BCUT2D eigenvalue weighted by atomic mass is 16.6. The SMILES string of the molecule is CCCCCCCCCCC/C=C/CCCCCCCCCC(=O)OC(COCCC(C(=O)[O-])[N+](C)(C)C)COC(=O)CCCCCCCCCCCCC. The minimum absolute atomic E-state index is 0.0445. The van der Waals surface area contributed by atoms with E-state index in [4.69, 9.17) is 14.2 Å². The average Bonchev–Trinajstić information content (AvgIpc) is 3.14. The van der Waals surface area contributed by atoms with Crippen LogP contribution in [0.5, 0.6) is 0 Å². The first-order valence-electron chi connectivity index (χ1n) is 23.2. The highest BCUT2D eigenvalue weighted by molar-refractivity contribution is 5.70. The fraction of sp³-hybridized carbons (Fsp3) is 0.894. The van der Waals surface area contributed by atoms with E-state index in [1.165, 1.54) is 148 Å². The number of aliphatic carboxylic acids is 1. The van der Waals surface area contributed by atoms with Gasteiger partial charge in [0.2, 0.25) is 0 Å². The normalized spacial score (nSPS) is 13.0. The fourth-order valence-electron chi connectivity index (χ4n) is 7.01. The van der Waals surface area contributed by atoms with Gasteiger partial charge in [0.1, 0.15) is 12.6 Å². The molecule has 8 heteroatoms. The summed E-state index contributed by atoms with van der Waals surface area (Å²) in [6.45, 7) is 4.67. The van der Waals surface area contributed by atoms with E-state index in [9.17, 15) is 19.5 Å². The van der Waals surface area contributed by atoms with Gasteiger partial charge in [-0.05, 0) is 38.5 Å². The van der Waals surface area contributed by atoms with Gasteiger partial charge in [-0.25, -0.2) is 0 Å². The number of carbonyl (C=O) groups is 3. The molecule has 0 aliphatic carbocycles. The van der Waals surface area contributed by atoms with Gasteiger partial charge in [-0.2, -0.15) is 0 Å². The maximum Gasteiger partial charge on any atom is 0.306 e. The van der Waals surface area contributed by atoms with Crippen LogP contribution in [0.15, 0.2) is 12.2 Å². The third-order valence-corrected chi connectivity index (χ3v) is 10.7. The zero-order chi connectivity index (χ0) is 40.7. The Morgan fingerprint density at radius 1 is 0.527 bits per heavy atom. The van der Waals surface area contributed by atoms with E-state index in [0.29, 0.717) is 12.8 Å². The number of hydrogen-bond acceptors (Lipinski definition) is 7. The molecule has 55 heavy (non-hydrogen) atoms. The third kappa shape index (κ3) is 37.4. The van der Waals surface area contributed by atoms with E-state index in [0.717, 1.165) is 38.5 Å². The lowest BCUT2D eigenvalue weighted by Crippen LogP contribution is -2.55. The number of carboxylic acid groups (broad SMARTS) is 1. The second-order valence-electron chi connectivity index (χ2n) is 17.0. The minimum atomic E-state index is -1.12. The number of ether oxygens (including phenoxy) is 3. The van der Waals surface area contributed by atoms with E-state index in [1.54, 1.807) is 21.1 Å². The number of likely N-dealkylation sites (N-methyl/N-ethyl adjacent to an activating group) is 1. The van der Waals surface area contributed by atoms with Crippen LogP contribution in [-0.2, 0) is 28.6 Å². The number of unbranched alkanes of at least 4 members (excludes halogenated alkanes) is 26. The van der Waals surface area contributed by atoms with Gasteiger partial charge in [0.15, 0.2) is 6.10 Å². The van der Waals surface area contributed by atoms with Crippen molar-refractivity contribution in [3.8, 4) is 0 Å². The molecule has 0 bridgehead atoms. The smallest absolute Gasteiger partial charge is 0.306 e. The van der Waals surface area contributed by atoms with Gasteiger partial charge >= 0.3 is 11.9 Å². The molecule has 0 rings (SSSR count). The molecule has 0 saturated heterocycles. The summed E-state index contributed by atoms with van der Waals surface area (Å²) < 4.78 is 17.2. The molecule has 0 aromatic rings. The molecule has 8 nitrogen and oxygen atoms in total. The Hall–Kier alpha value is -1.93. The molecule has 324 valence electrons. The standard InChI is InChI=1S/C47H89NO7/c1-6-8-10-12-14-16-18-19-20-21-22-23-24-25-26-28-30-32-34-36-38-46(50)55-43(41-53-40-39-44(47(51)52)48(3,4)5)42-54-45(49)37-35-33-31-29-27-17-15-13-11-9-7-2/h22-23,43-44H,6-21,24-42H2,1-5H3/b23-22+. The van der Waals surface area contributed by atoms with Crippen molar-refractivity contribution in [2.24, 2.45) is 0 Å². The van der Waals surface area contributed by atoms with Crippen molar-refractivity contribution in [2.45, 2.75) is 231 Å². The van der Waals surface area contributed by atoms with Crippen LogP contribution in [0.4, 0.5) is 0 Å². The van der Waals surface area contributed by atoms with E-state index in [1.807, 2.05) is 0 Å². The number of esters is 2. The molecule has 0 amide bonds. The number of rotatable bonds is 42. The molecule has 0 aliphatic rings. The number of carbonyl (C=O) groups excluding carboxylic acids is 3. The molecule has 0 spiro atoms. The zero-order valence-electron chi connectivity index (χ0n) is 36.9. The predicted octanol–water partition coefficient (Wildman–Crippen LogP) is 11.4. The second kappa shape index (κ2) is 38.9. The minimum Gasteiger partial charge on any atom is -0.544 e.